The first kappa shape index (κ1) is 15.7. The van der Waals surface area contributed by atoms with E-state index < -0.39 is 10.0 Å². The molecular weight excluding hydrogens is 264 g/mol. The standard InChI is InChI=1S/C13H20N2O3S/c1-10(2)9-15-19(17,18)12-6-3-11(4-7-12)5-8-13(14)16/h3-4,6-7,10,15H,5,8-9H2,1-2H3,(H2,14,16). The highest BCUT2D eigenvalue weighted by atomic mass is 32.2. The number of nitrogens with two attached hydrogens (primary N) is 1. The Morgan fingerprint density at radius 2 is 1.84 bits per heavy atom. The topological polar surface area (TPSA) is 89.3 Å². The molecule has 5 nitrogen and oxygen atoms in total. The Hall–Kier alpha value is -1.40. The second-order valence-electron chi connectivity index (χ2n) is 4.86. The molecule has 3 N–H and O–H groups in total. The fourth-order valence-electron chi connectivity index (χ4n) is 1.46. The molecule has 0 aromatic heterocycles. The summed E-state index contributed by atoms with van der Waals surface area (Å²) in [5.74, 6) is -0.111. The summed E-state index contributed by atoms with van der Waals surface area (Å²) in [7, 11) is -3.45. The van der Waals surface area contributed by atoms with Crippen LogP contribution in [0.5, 0.6) is 0 Å². The normalized spacial score (nSPS) is 11.7. The van der Waals surface area contributed by atoms with Gasteiger partial charge in [0, 0.05) is 13.0 Å². The average Bonchev–Trinajstić information content (AvgIpc) is 2.34. The van der Waals surface area contributed by atoms with E-state index in [-0.39, 0.29) is 23.1 Å². The third-order valence-corrected chi connectivity index (χ3v) is 4.01. The van der Waals surface area contributed by atoms with Gasteiger partial charge >= 0.3 is 0 Å². The first-order valence-electron chi connectivity index (χ1n) is 6.18. The first-order valence-corrected chi connectivity index (χ1v) is 7.66. The molecule has 0 heterocycles. The van der Waals surface area contributed by atoms with Gasteiger partial charge in [-0.15, -0.1) is 0 Å². The molecule has 1 amide bonds. The van der Waals surface area contributed by atoms with Gasteiger partial charge in [-0.3, -0.25) is 4.79 Å². The highest BCUT2D eigenvalue weighted by molar-refractivity contribution is 7.89. The van der Waals surface area contributed by atoms with Crippen LogP contribution in [0, 0.1) is 5.92 Å². The summed E-state index contributed by atoms with van der Waals surface area (Å²) in [5.41, 5.74) is 5.95. The number of hydrogen-bond acceptors (Lipinski definition) is 3. The molecule has 0 fully saturated rings. The van der Waals surface area contributed by atoms with Crippen LogP contribution in [0.3, 0.4) is 0 Å². The van der Waals surface area contributed by atoms with Crippen molar-refractivity contribution in [2.24, 2.45) is 11.7 Å². The van der Waals surface area contributed by atoms with E-state index in [2.05, 4.69) is 4.72 Å². The van der Waals surface area contributed by atoms with E-state index in [0.717, 1.165) is 5.56 Å². The molecule has 1 aromatic rings. The minimum absolute atomic E-state index is 0.232. The number of carbonyl (C=O) groups is 1. The van der Waals surface area contributed by atoms with E-state index in [1.54, 1.807) is 24.3 Å². The zero-order valence-electron chi connectivity index (χ0n) is 11.2. The van der Waals surface area contributed by atoms with Crippen LogP contribution in [0.1, 0.15) is 25.8 Å². The van der Waals surface area contributed by atoms with Gasteiger partial charge in [0.2, 0.25) is 15.9 Å². The van der Waals surface area contributed by atoms with Crippen molar-refractivity contribution in [1.29, 1.82) is 0 Å². The molecule has 0 aliphatic carbocycles. The third-order valence-electron chi connectivity index (χ3n) is 2.58. The van der Waals surface area contributed by atoms with E-state index in [0.29, 0.717) is 13.0 Å². The SMILES string of the molecule is CC(C)CNS(=O)(=O)c1ccc(CCC(N)=O)cc1. The third kappa shape index (κ3) is 5.40. The highest BCUT2D eigenvalue weighted by Gasteiger charge is 2.13. The highest BCUT2D eigenvalue weighted by Crippen LogP contribution is 2.12. The number of rotatable bonds is 7. The quantitative estimate of drug-likeness (QED) is 0.784. The molecule has 0 unspecified atom stereocenters. The van der Waals surface area contributed by atoms with Gasteiger partial charge in [0.25, 0.3) is 0 Å². The first-order chi connectivity index (χ1) is 8.81. The van der Waals surface area contributed by atoms with Crippen LogP contribution >= 0.6 is 0 Å². The molecule has 1 aromatic carbocycles. The van der Waals surface area contributed by atoms with Gasteiger partial charge in [0.15, 0.2) is 0 Å². The number of benzene rings is 1. The lowest BCUT2D eigenvalue weighted by atomic mass is 10.1. The zero-order chi connectivity index (χ0) is 14.5. The Bertz CT molecular complexity index is 521. The van der Waals surface area contributed by atoms with Crippen LogP contribution in [-0.2, 0) is 21.2 Å². The van der Waals surface area contributed by atoms with Crippen LogP contribution < -0.4 is 10.5 Å². The minimum Gasteiger partial charge on any atom is -0.370 e. The number of nitrogens with one attached hydrogen (secondary N) is 1. The van der Waals surface area contributed by atoms with Crippen molar-refractivity contribution < 1.29 is 13.2 Å². The number of amides is 1. The summed E-state index contributed by atoms with van der Waals surface area (Å²) in [6, 6.07) is 6.48. The van der Waals surface area contributed by atoms with Gasteiger partial charge in [-0.05, 0) is 30.0 Å². The lowest BCUT2D eigenvalue weighted by Crippen LogP contribution is -2.27. The van der Waals surface area contributed by atoms with Crippen LogP contribution in [0.25, 0.3) is 0 Å². The lowest BCUT2D eigenvalue weighted by molar-refractivity contribution is -0.117. The zero-order valence-corrected chi connectivity index (χ0v) is 12.0. The molecule has 0 aliphatic rings. The van der Waals surface area contributed by atoms with Crippen molar-refractivity contribution in [2.45, 2.75) is 31.6 Å². The minimum atomic E-state index is -3.45. The van der Waals surface area contributed by atoms with Crippen molar-refractivity contribution >= 4 is 15.9 Å². The molecule has 0 saturated carbocycles. The smallest absolute Gasteiger partial charge is 0.240 e. The fraction of sp³-hybridized carbons (Fsp3) is 0.462. The molecule has 106 valence electrons. The number of carbonyl (C=O) groups excluding carboxylic acids is 1. The van der Waals surface area contributed by atoms with E-state index in [4.69, 9.17) is 5.73 Å². The second-order valence-corrected chi connectivity index (χ2v) is 6.62. The summed E-state index contributed by atoms with van der Waals surface area (Å²) in [6.07, 6.45) is 0.785. The monoisotopic (exact) mass is 284 g/mol. The molecule has 19 heavy (non-hydrogen) atoms. The van der Waals surface area contributed by atoms with Crippen molar-refractivity contribution in [3.8, 4) is 0 Å². The van der Waals surface area contributed by atoms with E-state index in [1.807, 2.05) is 13.8 Å². The van der Waals surface area contributed by atoms with Crippen LogP contribution in [0.4, 0.5) is 0 Å². The van der Waals surface area contributed by atoms with Gasteiger partial charge in [-0.1, -0.05) is 26.0 Å². The predicted octanol–water partition coefficient (Wildman–Crippen LogP) is 1.04. The van der Waals surface area contributed by atoms with E-state index >= 15 is 0 Å². The van der Waals surface area contributed by atoms with Gasteiger partial charge in [-0.25, -0.2) is 13.1 Å². The molecule has 0 atom stereocenters. The van der Waals surface area contributed by atoms with Gasteiger partial charge in [0.1, 0.15) is 0 Å². The lowest BCUT2D eigenvalue weighted by Gasteiger charge is -2.09. The number of sulfonamides is 1. The maximum atomic E-state index is 11.9. The fourth-order valence-corrected chi connectivity index (χ4v) is 2.68. The summed E-state index contributed by atoms with van der Waals surface area (Å²) >= 11 is 0. The Morgan fingerprint density at radius 1 is 1.26 bits per heavy atom. The van der Waals surface area contributed by atoms with Gasteiger partial charge in [-0.2, -0.15) is 0 Å². The summed E-state index contributed by atoms with van der Waals surface area (Å²) in [4.78, 5) is 10.9. The van der Waals surface area contributed by atoms with Crippen molar-refractivity contribution in [3.05, 3.63) is 29.8 Å². The Balaban J connectivity index is 2.72. The van der Waals surface area contributed by atoms with Crippen molar-refractivity contribution in [3.63, 3.8) is 0 Å². The molecule has 6 heteroatoms. The summed E-state index contributed by atoms with van der Waals surface area (Å²) in [6.45, 7) is 4.29. The molecule has 0 aliphatic heterocycles. The van der Waals surface area contributed by atoms with E-state index in [1.165, 1.54) is 0 Å². The average molecular weight is 284 g/mol. The van der Waals surface area contributed by atoms with Crippen molar-refractivity contribution in [2.75, 3.05) is 6.54 Å². The molecule has 0 radical (unpaired) electrons. The molecular formula is C13H20N2O3S. The Labute approximate surface area is 114 Å². The van der Waals surface area contributed by atoms with Crippen LogP contribution in [0.15, 0.2) is 29.2 Å². The maximum Gasteiger partial charge on any atom is 0.240 e. The molecule has 0 bridgehead atoms. The summed E-state index contributed by atoms with van der Waals surface area (Å²) < 4.78 is 26.4. The summed E-state index contributed by atoms with van der Waals surface area (Å²) in [5, 5.41) is 0. The van der Waals surface area contributed by atoms with Gasteiger partial charge < -0.3 is 5.73 Å². The number of primary amides is 1. The Kier molecular flexibility index (Phi) is 5.50. The largest absolute Gasteiger partial charge is 0.370 e. The van der Waals surface area contributed by atoms with Crippen LogP contribution in [-0.4, -0.2) is 20.9 Å². The molecule has 1 rings (SSSR count). The number of aryl methyl sites for hydroxylation is 1. The maximum absolute atomic E-state index is 11.9. The molecule has 0 saturated heterocycles. The second kappa shape index (κ2) is 6.68. The van der Waals surface area contributed by atoms with Gasteiger partial charge in [0.05, 0.1) is 4.90 Å². The van der Waals surface area contributed by atoms with Crippen LogP contribution in [0.2, 0.25) is 0 Å². The predicted molar refractivity (Wildman–Crippen MR) is 74.0 cm³/mol. The van der Waals surface area contributed by atoms with E-state index in [9.17, 15) is 13.2 Å². The Morgan fingerprint density at radius 3 is 2.32 bits per heavy atom. The molecule has 0 spiro atoms. The number of hydrogen-bond donors (Lipinski definition) is 2. The van der Waals surface area contributed by atoms with Crippen molar-refractivity contribution in [1.82, 2.24) is 4.72 Å².